The molecule has 2 aliphatic carbocycles. The maximum atomic E-state index is 13.2. The van der Waals surface area contributed by atoms with Gasteiger partial charge < -0.3 is 10.4 Å². The number of likely N-dealkylation sites (tertiary alicyclic amines) is 1. The van der Waals surface area contributed by atoms with E-state index in [0.717, 1.165) is 44.5 Å². The number of rotatable bonds is 7. The van der Waals surface area contributed by atoms with E-state index in [-0.39, 0.29) is 5.91 Å². The number of allylic oxidation sites excluding steroid dienone is 1. The Hall–Kier alpha value is -2.43. The summed E-state index contributed by atoms with van der Waals surface area (Å²) in [5.41, 5.74) is 1.33. The van der Waals surface area contributed by atoms with Crippen molar-refractivity contribution in [2.24, 2.45) is 17.8 Å². The van der Waals surface area contributed by atoms with Gasteiger partial charge in [-0.05, 0) is 53.7 Å². The van der Waals surface area contributed by atoms with Crippen LogP contribution in [-0.2, 0) is 16.9 Å². The van der Waals surface area contributed by atoms with Crippen LogP contribution in [0.3, 0.4) is 0 Å². The summed E-state index contributed by atoms with van der Waals surface area (Å²) in [5.74, 6) is 1.61. The van der Waals surface area contributed by atoms with Gasteiger partial charge in [0.05, 0.1) is 0 Å². The molecule has 4 nitrogen and oxygen atoms in total. The topological polar surface area (TPSA) is 52.6 Å². The van der Waals surface area contributed by atoms with Crippen molar-refractivity contribution in [3.05, 3.63) is 83.4 Å². The lowest BCUT2D eigenvalue weighted by Gasteiger charge is -2.29. The molecule has 0 bridgehead atoms. The maximum Gasteiger partial charge on any atom is 0.261 e. The number of nitrogens with one attached hydrogen (secondary N) is 1. The maximum absolute atomic E-state index is 13.2. The van der Waals surface area contributed by atoms with E-state index in [4.69, 9.17) is 0 Å². The first-order valence-electron chi connectivity index (χ1n) is 11.2. The predicted molar refractivity (Wildman–Crippen MR) is 117 cm³/mol. The Morgan fingerprint density at radius 1 is 1.03 bits per heavy atom. The monoisotopic (exact) mass is 402 g/mol. The molecule has 4 atom stereocenters. The van der Waals surface area contributed by atoms with Crippen LogP contribution in [0.1, 0.15) is 30.4 Å². The lowest BCUT2D eigenvalue weighted by Crippen LogP contribution is -2.46. The standard InChI is InChI=1S/C26H30N2O2/c29-25(26(30,21-13-7-8-14-21)20-11-5-2-6-12-20)27-15-22-23-17-28(18-24(22)23)16-19-9-3-1-4-10-19/h1-6,9-13,22-24,30H,7-8,14-18H2,(H,27,29)/t22-,23-,24+,26-/m0/s1. The molecule has 0 spiro atoms. The molecule has 1 amide bonds. The van der Waals surface area contributed by atoms with Crippen molar-refractivity contribution in [3.8, 4) is 0 Å². The Bertz CT molecular complexity index is 915. The number of hydrogen-bond acceptors (Lipinski definition) is 3. The van der Waals surface area contributed by atoms with Gasteiger partial charge in [0.15, 0.2) is 5.60 Å². The normalized spacial score (nSPS) is 27.2. The second kappa shape index (κ2) is 8.01. The Balaban J connectivity index is 1.18. The average molecular weight is 403 g/mol. The average Bonchev–Trinajstić information content (AvgIpc) is 3.17. The molecule has 0 unspecified atom stereocenters. The summed E-state index contributed by atoms with van der Waals surface area (Å²) in [4.78, 5) is 15.7. The zero-order valence-corrected chi connectivity index (χ0v) is 17.3. The van der Waals surface area contributed by atoms with Gasteiger partial charge in [-0.1, -0.05) is 66.7 Å². The molecule has 2 fully saturated rings. The molecular weight excluding hydrogens is 372 g/mol. The smallest absolute Gasteiger partial charge is 0.261 e. The van der Waals surface area contributed by atoms with Crippen LogP contribution in [0.15, 0.2) is 72.3 Å². The number of amides is 1. The van der Waals surface area contributed by atoms with Gasteiger partial charge in [-0.25, -0.2) is 0 Å². The van der Waals surface area contributed by atoms with Crippen LogP contribution < -0.4 is 5.32 Å². The molecule has 4 heteroatoms. The molecule has 1 saturated heterocycles. The first-order chi connectivity index (χ1) is 14.7. The first kappa shape index (κ1) is 19.5. The molecule has 2 aromatic carbocycles. The van der Waals surface area contributed by atoms with Crippen LogP contribution in [0.4, 0.5) is 0 Å². The van der Waals surface area contributed by atoms with Gasteiger partial charge in [-0.2, -0.15) is 0 Å². The minimum Gasteiger partial charge on any atom is -0.372 e. The molecule has 5 rings (SSSR count). The molecular formula is C26H30N2O2. The number of benzene rings is 2. The van der Waals surface area contributed by atoms with E-state index in [1.807, 2.05) is 36.4 Å². The quantitative estimate of drug-likeness (QED) is 0.697. The third-order valence-corrected chi connectivity index (χ3v) is 7.22. The molecule has 1 aliphatic heterocycles. The summed E-state index contributed by atoms with van der Waals surface area (Å²) in [6.07, 6.45) is 4.76. The molecule has 2 N–H and O–H groups in total. The molecule has 156 valence electrons. The summed E-state index contributed by atoms with van der Waals surface area (Å²) >= 11 is 0. The highest BCUT2D eigenvalue weighted by atomic mass is 16.3. The van der Waals surface area contributed by atoms with E-state index in [1.54, 1.807) is 0 Å². The number of carbonyl (C=O) groups excluding carboxylic acids is 1. The molecule has 1 saturated carbocycles. The van der Waals surface area contributed by atoms with Crippen LogP contribution in [0, 0.1) is 17.8 Å². The SMILES string of the molecule is O=C(NC[C@@H]1[C@H]2CN(Cc3ccccc3)C[C@@H]12)[C@@](O)(C1=CCCC1)c1ccccc1. The lowest BCUT2D eigenvalue weighted by molar-refractivity contribution is -0.137. The van der Waals surface area contributed by atoms with Crippen molar-refractivity contribution in [1.29, 1.82) is 0 Å². The summed E-state index contributed by atoms with van der Waals surface area (Å²) in [5, 5.41) is 14.6. The van der Waals surface area contributed by atoms with Gasteiger partial charge >= 0.3 is 0 Å². The fourth-order valence-corrected chi connectivity index (χ4v) is 5.49. The van der Waals surface area contributed by atoms with Gasteiger partial charge in [0.2, 0.25) is 0 Å². The zero-order chi connectivity index (χ0) is 20.6. The highest BCUT2D eigenvalue weighted by molar-refractivity contribution is 5.90. The highest BCUT2D eigenvalue weighted by Gasteiger charge is 2.55. The number of nitrogens with zero attached hydrogens (tertiary/aromatic N) is 1. The fourth-order valence-electron chi connectivity index (χ4n) is 5.49. The lowest BCUT2D eigenvalue weighted by atomic mass is 9.84. The van der Waals surface area contributed by atoms with Crippen LogP contribution in [0.5, 0.6) is 0 Å². The molecule has 1 heterocycles. The minimum atomic E-state index is -1.54. The van der Waals surface area contributed by atoms with E-state index in [9.17, 15) is 9.90 Å². The van der Waals surface area contributed by atoms with E-state index < -0.39 is 5.60 Å². The molecule has 0 radical (unpaired) electrons. The Kier molecular flexibility index (Phi) is 5.21. The van der Waals surface area contributed by atoms with Crippen molar-refractivity contribution in [2.75, 3.05) is 19.6 Å². The van der Waals surface area contributed by atoms with Crippen molar-refractivity contribution in [1.82, 2.24) is 10.2 Å². The zero-order valence-electron chi connectivity index (χ0n) is 17.3. The van der Waals surface area contributed by atoms with Crippen LogP contribution in [0.25, 0.3) is 0 Å². The van der Waals surface area contributed by atoms with Crippen LogP contribution in [-0.4, -0.2) is 35.5 Å². The van der Waals surface area contributed by atoms with Gasteiger partial charge in [0.25, 0.3) is 5.91 Å². The largest absolute Gasteiger partial charge is 0.372 e. The van der Waals surface area contributed by atoms with E-state index >= 15 is 0 Å². The number of aliphatic hydroxyl groups is 1. The Morgan fingerprint density at radius 2 is 1.70 bits per heavy atom. The number of hydrogen-bond donors (Lipinski definition) is 2. The van der Waals surface area contributed by atoms with Crippen molar-refractivity contribution < 1.29 is 9.90 Å². The minimum absolute atomic E-state index is 0.270. The van der Waals surface area contributed by atoms with Gasteiger partial charge in [0.1, 0.15) is 0 Å². The summed E-state index contributed by atoms with van der Waals surface area (Å²) in [6, 6.07) is 20.0. The summed E-state index contributed by atoms with van der Waals surface area (Å²) < 4.78 is 0. The van der Waals surface area contributed by atoms with E-state index in [2.05, 4.69) is 40.5 Å². The van der Waals surface area contributed by atoms with E-state index in [1.165, 1.54) is 5.56 Å². The number of piperidine rings is 1. The van der Waals surface area contributed by atoms with Gasteiger partial charge in [-0.3, -0.25) is 9.69 Å². The summed E-state index contributed by atoms with van der Waals surface area (Å²) in [6.45, 7) is 3.88. The number of fused-ring (bicyclic) bond motifs is 1. The third-order valence-electron chi connectivity index (χ3n) is 7.22. The van der Waals surface area contributed by atoms with Crippen LogP contribution >= 0.6 is 0 Å². The van der Waals surface area contributed by atoms with Gasteiger partial charge in [0, 0.05) is 26.2 Å². The Morgan fingerprint density at radius 3 is 2.33 bits per heavy atom. The molecule has 3 aliphatic rings. The van der Waals surface area contributed by atoms with E-state index in [0.29, 0.717) is 29.9 Å². The van der Waals surface area contributed by atoms with Crippen molar-refractivity contribution >= 4 is 5.91 Å². The molecule has 30 heavy (non-hydrogen) atoms. The first-order valence-corrected chi connectivity index (χ1v) is 11.2. The third kappa shape index (κ3) is 3.59. The highest BCUT2D eigenvalue weighted by Crippen LogP contribution is 2.51. The van der Waals surface area contributed by atoms with Crippen molar-refractivity contribution in [3.63, 3.8) is 0 Å². The molecule has 2 aromatic rings. The number of carbonyl (C=O) groups is 1. The van der Waals surface area contributed by atoms with Gasteiger partial charge in [-0.15, -0.1) is 0 Å². The predicted octanol–water partition coefficient (Wildman–Crippen LogP) is 3.48. The second-order valence-corrected chi connectivity index (χ2v) is 9.08. The Labute approximate surface area is 178 Å². The second-order valence-electron chi connectivity index (χ2n) is 9.08. The summed E-state index contributed by atoms with van der Waals surface area (Å²) in [7, 11) is 0. The van der Waals surface area contributed by atoms with Crippen molar-refractivity contribution in [2.45, 2.75) is 31.4 Å². The van der Waals surface area contributed by atoms with Crippen LogP contribution in [0.2, 0.25) is 0 Å². The molecule has 0 aromatic heterocycles. The fraction of sp³-hybridized carbons (Fsp3) is 0.423.